The predicted molar refractivity (Wildman–Crippen MR) is 116 cm³/mol. The monoisotopic (exact) mass is 407 g/mol. The molecule has 1 saturated heterocycles. The van der Waals surface area contributed by atoms with E-state index in [9.17, 15) is 4.39 Å². The lowest BCUT2D eigenvalue weighted by atomic mass is 9.94. The van der Waals surface area contributed by atoms with Gasteiger partial charge in [0.05, 0.1) is 5.69 Å². The normalized spacial score (nSPS) is 15.9. The molecular formula is C23H26FN5O. The number of rotatable bonds is 5. The van der Waals surface area contributed by atoms with Gasteiger partial charge in [-0.3, -0.25) is 0 Å². The average molecular weight is 407 g/mol. The fourth-order valence-electron chi connectivity index (χ4n) is 3.58. The second-order valence-electron chi connectivity index (χ2n) is 7.46. The molecule has 2 aromatic carbocycles. The first-order valence-corrected chi connectivity index (χ1v) is 10.2. The van der Waals surface area contributed by atoms with Gasteiger partial charge in [-0.25, -0.2) is 9.38 Å². The number of benzene rings is 2. The van der Waals surface area contributed by atoms with Crippen LogP contribution in [-0.2, 0) is 6.54 Å². The second-order valence-corrected chi connectivity index (χ2v) is 7.46. The molecule has 0 aliphatic carbocycles. The number of aromatic nitrogens is 1. The van der Waals surface area contributed by atoms with E-state index in [1.807, 2.05) is 60.4 Å². The van der Waals surface area contributed by atoms with Gasteiger partial charge >= 0.3 is 0 Å². The van der Waals surface area contributed by atoms with E-state index in [0.717, 1.165) is 43.0 Å². The summed E-state index contributed by atoms with van der Waals surface area (Å²) >= 11 is 0. The Kier molecular flexibility index (Phi) is 6.09. The summed E-state index contributed by atoms with van der Waals surface area (Å²) in [6, 6.07) is 16.7. The van der Waals surface area contributed by atoms with Crippen molar-refractivity contribution < 1.29 is 8.91 Å². The van der Waals surface area contributed by atoms with Crippen LogP contribution in [0.25, 0.3) is 11.1 Å². The molecule has 0 spiro atoms. The van der Waals surface area contributed by atoms with Gasteiger partial charge in [0.2, 0.25) is 0 Å². The highest BCUT2D eigenvalue weighted by Crippen LogP contribution is 2.29. The van der Waals surface area contributed by atoms with Crippen LogP contribution in [0, 0.1) is 5.82 Å². The number of guanidine groups is 1. The van der Waals surface area contributed by atoms with Gasteiger partial charge in [0.15, 0.2) is 11.7 Å². The number of hydrogen-bond donors (Lipinski definition) is 2. The highest BCUT2D eigenvalue weighted by atomic mass is 19.1. The Morgan fingerprint density at radius 1 is 1.20 bits per heavy atom. The summed E-state index contributed by atoms with van der Waals surface area (Å²) in [4.78, 5) is 6.47. The highest BCUT2D eigenvalue weighted by molar-refractivity contribution is 5.78. The van der Waals surface area contributed by atoms with Crippen LogP contribution in [0.3, 0.4) is 0 Å². The van der Waals surface area contributed by atoms with E-state index in [0.29, 0.717) is 23.8 Å². The van der Waals surface area contributed by atoms with E-state index in [1.165, 1.54) is 0 Å². The zero-order valence-electron chi connectivity index (χ0n) is 17.0. The molecule has 1 unspecified atom stereocenters. The zero-order valence-corrected chi connectivity index (χ0v) is 17.0. The third-order valence-corrected chi connectivity index (χ3v) is 5.44. The van der Waals surface area contributed by atoms with E-state index in [-0.39, 0.29) is 11.7 Å². The van der Waals surface area contributed by atoms with E-state index in [2.05, 4.69) is 15.5 Å². The molecule has 0 saturated carbocycles. The molecular weight excluding hydrogens is 381 g/mol. The van der Waals surface area contributed by atoms with Gasteiger partial charge < -0.3 is 20.5 Å². The van der Waals surface area contributed by atoms with Gasteiger partial charge in [0, 0.05) is 43.7 Å². The van der Waals surface area contributed by atoms with Crippen LogP contribution in [-0.4, -0.2) is 42.2 Å². The number of nitrogens with zero attached hydrogens (tertiary/aromatic N) is 3. The highest BCUT2D eigenvalue weighted by Gasteiger charge is 2.17. The Morgan fingerprint density at radius 2 is 1.97 bits per heavy atom. The first-order valence-electron chi connectivity index (χ1n) is 10.2. The topological polar surface area (TPSA) is 79.7 Å². The van der Waals surface area contributed by atoms with Gasteiger partial charge in [-0.1, -0.05) is 54.5 Å². The Morgan fingerprint density at radius 3 is 2.70 bits per heavy atom. The maximum atomic E-state index is 14.7. The van der Waals surface area contributed by atoms with Crippen molar-refractivity contribution in [3.8, 4) is 11.1 Å². The molecule has 3 N–H and O–H groups in total. The van der Waals surface area contributed by atoms with E-state index in [4.69, 9.17) is 10.3 Å². The minimum Gasteiger partial charge on any atom is -0.370 e. The van der Waals surface area contributed by atoms with Crippen molar-refractivity contribution in [3.05, 3.63) is 77.4 Å². The third kappa shape index (κ3) is 4.52. The average Bonchev–Trinajstić information content (AvgIpc) is 3.27. The molecule has 1 aliphatic heterocycles. The van der Waals surface area contributed by atoms with Gasteiger partial charge in [0.25, 0.3) is 0 Å². The van der Waals surface area contributed by atoms with Gasteiger partial charge in [-0.05, 0) is 17.2 Å². The number of aliphatic imine (C=N–C) groups is 1. The van der Waals surface area contributed by atoms with Crippen molar-refractivity contribution in [3.63, 3.8) is 0 Å². The second kappa shape index (κ2) is 9.09. The lowest BCUT2D eigenvalue weighted by Gasteiger charge is -2.28. The quantitative estimate of drug-likeness (QED) is 0.501. The van der Waals surface area contributed by atoms with Crippen LogP contribution in [0.2, 0.25) is 0 Å². The minimum absolute atomic E-state index is 0.101. The molecule has 7 heteroatoms. The molecule has 0 amide bonds. The lowest BCUT2D eigenvalue weighted by Crippen LogP contribution is -2.49. The molecule has 0 bridgehead atoms. The number of halogens is 1. The fraction of sp³-hybridized carbons (Fsp3) is 0.304. The zero-order chi connectivity index (χ0) is 20.9. The number of nitrogens with one attached hydrogen (secondary N) is 1. The molecule has 6 nitrogen and oxygen atoms in total. The molecule has 2 heterocycles. The van der Waals surface area contributed by atoms with Gasteiger partial charge in [-0.15, -0.1) is 0 Å². The van der Waals surface area contributed by atoms with E-state index < -0.39 is 0 Å². The van der Waals surface area contributed by atoms with Crippen LogP contribution in [0.4, 0.5) is 4.39 Å². The van der Waals surface area contributed by atoms with Crippen LogP contribution in [0.1, 0.15) is 29.9 Å². The maximum Gasteiger partial charge on any atom is 0.191 e. The predicted octanol–water partition coefficient (Wildman–Crippen LogP) is 3.35. The molecule has 3 aromatic rings. The van der Waals surface area contributed by atoms with Gasteiger partial charge in [-0.2, -0.15) is 0 Å². The minimum atomic E-state index is -0.248. The number of piperazine rings is 1. The molecule has 30 heavy (non-hydrogen) atoms. The summed E-state index contributed by atoms with van der Waals surface area (Å²) in [6.45, 7) is 5.81. The summed E-state index contributed by atoms with van der Waals surface area (Å²) in [5.41, 5.74) is 9.11. The molecule has 1 atom stereocenters. The molecule has 1 fully saturated rings. The summed E-state index contributed by atoms with van der Waals surface area (Å²) in [6.07, 6.45) is 0. The number of hydrogen-bond acceptors (Lipinski definition) is 4. The number of nitrogens with two attached hydrogens (primary N) is 1. The van der Waals surface area contributed by atoms with Crippen LogP contribution < -0.4 is 11.1 Å². The first-order chi connectivity index (χ1) is 14.6. The fourth-order valence-corrected chi connectivity index (χ4v) is 3.58. The maximum absolute atomic E-state index is 14.7. The summed E-state index contributed by atoms with van der Waals surface area (Å²) in [5, 5.41) is 7.45. The van der Waals surface area contributed by atoms with Crippen molar-refractivity contribution in [1.29, 1.82) is 0 Å². The van der Waals surface area contributed by atoms with Crippen LogP contribution >= 0.6 is 0 Å². The smallest absolute Gasteiger partial charge is 0.191 e. The molecule has 1 aliphatic rings. The van der Waals surface area contributed by atoms with E-state index in [1.54, 1.807) is 6.07 Å². The lowest BCUT2D eigenvalue weighted by molar-refractivity contribution is 0.350. The van der Waals surface area contributed by atoms with Gasteiger partial charge in [0.1, 0.15) is 12.4 Å². The van der Waals surface area contributed by atoms with Crippen molar-refractivity contribution in [1.82, 2.24) is 15.4 Å². The van der Waals surface area contributed by atoms with Crippen LogP contribution in [0.5, 0.6) is 0 Å². The largest absolute Gasteiger partial charge is 0.370 e. The Balaban J connectivity index is 1.45. The van der Waals surface area contributed by atoms with E-state index >= 15 is 0 Å². The molecule has 0 radical (unpaired) electrons. The third-order valence-electron chi connectivity index (χ3n) is 5.44. The molecule has 4 rings (SSSR count). The van der Waals surface area contributed by atoms with Crippen molar-refractivity contribution in [2.45, 2.75) is 19.4 Å². The standard InChI is InChI=1S/C23H26FN5O/c1-16(18-7-8-20(21(24)13-18)17-5-3-2-4-6-17)22-14-19(30-28-22)15-27-23(25)29-11-9-26-10-12-29/h2-8,13-14,16,26H,9-12,15H2,1H3,(H2,25,27). The molecule has 156 valence electrons. The summed E-state index contributed by atoms with van der Waals surface area (Å²) < 4.78 is 20.1. The van der Waals surface area contributed by atoms with Crippen molar-refractivity contribution in [2.24, 2.45) is 10.7 Å². The van der Waals surface area contributed by atoms with Crippen LogP contribution in [0.15, 0.2) is 64.1 Å². The molecule has 1 aromatic heterocycles. The SMILES string of the molecule is CC(c1ccc(-c2ccccc2)c(F)c1)c1cc(C/N=C(\N)N2CCNCC2)on1. The summed E-state index contributed by atoms with van der Waals surface area (Å²) in [7, 11) is 0. The van der Waals surface area contributed by atoms with Crippen molar-refractivity contribution in [2.75, 3.05) is 26.2 Å². The van der Waals surface area contributed by atoms with Crippen molar-refractivity contribution >= 4 is 5.96 Å². The Labute approximate surface area is 175 Å². The Hall–Kier alpha value is -3.19. The first kappa shape index (κ1) is 20.1. The Bertz CT molecular complexity index is 1010. The summed E-state index contributed by atoms with van der Waals surface area (Å²) in [5.74, 6) is 0.802.